The van der Waals surface area contributed by atoms with Gasteiger partial charge in [0.15, 0.2) is 0 Å². The van der Waals surface area contributed by atoms with Gasteiger partial charge in [-0.1, -0.05) is 60.1 Å². The molecule has 0 fully saturated rings. The molecule has 27 heavy (non-hydrogen) atoms. The van der Waals surface area contributed by atoms with E-state index in [4.69, 9.17) is 11.6 Å². The van der Waals surface area contributed by atoms with E-state index in [1.165, 1.54) is 11.1 Å². The molecule has 0 saturated heterocycles. The standard InChI is InChI=1S/C22H17ClN2OS/c23-18-11-9-17(10-12-18)22(16-6-2-1-3-7-16)27-15-19-14-21(26)25-13-5-4-8-20(25)24-19/h1-14,22H,15H2/t22-/m1/s1. The Labute approximate surface area is 166 Å². The molecule has 0 spiro atoms. The Morgan fingerprint density at radius 2 is 1.63 bits per heavy atom. The summed E-state index contributed by atoms with van der Waals surface area (Å²) in [6.07, 6.45) is 1.74. The van der Waals surface area contributed by atoms with Crippen LogP contribution in [-0.4, -0.2) is 9.38 Å². The number of nitrogens with zero attached hydrogens (tertiary/aromatic N) is 2. The van der Waals surface area contributed by atoms with Gasteiger partial charge in [-0.3, -0.25) is 9.20 Å². The molecule has 0 aliphatic heterocycles. The molecule has 0 saturated carbocycles. The van der Waals surface area contributed by atoms with Crippen molar-refractivity contribution in [2.45, 2.75) is 11.0 Å². The van der Waals surface area contributed by atoms with Gasteiger partial charge >= 0.3 is 0 Å². The zero-order valence-corrected chi connectivity index (χ0v) is 16.0. The first kappa shape index (κ1) is 17.8. The van der Waals surface area contributed by atoms with Crippen molar-refractivity contribution in [3.63, 3.8) is 0 Å². The number of pyridine rings is 1. The van der Waals surface area contributed by atoms with Crippen LogP contribution in [0.15, 0.2) is 89.9 Å². The number of benzene rings is 2. The molecule has 2 heterocycles. The van der Waals surface area contributed by atoms with Gasteiger partial charge in [0, 0.05) is 23.0 Å². The summed E-state index contributed by atoms with van der Waals surface area (Å²) in [5.74, 6) is 0.642. The Hall–Kier alpha value is -2.56. The van der Waals surface area contributed by atoms with Crippen molar-refractivity contribution in [2.24, 2.45) is 0 Å². The molecule has 4 aromatic rings. The van der Waals surface area contributed by atoms with Crippen LogP contribution in [-0.2, 0) is 5.75 Å². The fourth-order valence-corrected chi connectivity index (χ4v) is 4.31. The molecular weight excluding hydrogens is 376 g/mol. The summed E-state index contributed by atoms with van der Waals surface area (Å²) in [5.41, 5.74) is 3.78. The molecule has 4 rings (SSSR count). The van der Waals surface area contributed by atoms with Crippen LogP contribution >= 0.6 is 23.4 Å². The van der Waals surface area contributed by atoms with Crippen molar-refractivity contribution in [1.29, 1.82) is 0 Å². The smallest absolute Gasteiger partial charge is 0.258 e. The van der Waals surface area contributed by atoms with Crippen LogP contribution in [0.1, 0.15) is 22.1 Å². The van der Waals surface area contributed by atoms with Crippen LogP contribution in [0.2, 0.25) is 5.02 Å². The minimum atomic E-state index is -0.0565. The second-order valence-corrected chi connectivity index (χ2v) is 7.70. The summed E-state index contributed by atoms with van der Waals surface area (Å²) in [6, 6.07) is 25.4. The fourth-order valence-electron chi connectivity index (χ4n) is 3.00. The Kier molecular flexibility index (Phi) is 5.28. The predicted molar refractivity (Wildman–Crippen MR) is 112 cm³/mol. The highest BCUT2D eigenvalue weighted by atomic mass is 35.5. The van der Waals surface area contributed by atoms with Crippen LogP contribution in [0.5, 0.6) is 0 Å². The van der Waals surface area contributed by atoms with Gasteiger partial charge in [-0.25, -0.2) is 4.98 Å². The highest BCUT2D eigenvalue weighted by molar-refractivity contribution is 7.98. The molecule has 0 radical (unpaired) electrons. The lowest BCUT2D eigenvalue weighted by Gasteiger charge is -2.18. The Morgan fingerprint density at radius 3 is 2.41 bits per heavy atom. The molecule has 0 N–H and O–H groups in total. The third-order valence-electron chi connectivity index (χ3n) is 4.30. The van der Waals surface area contributed by atoms with Crippen LogP contribution in [0.4, 0.5) is 0 Å². The molecule has 0 bridgehead atoms. The zero-order valence-electron chi connectivity index (χ0n) is 14.5. The van der Waals surface area contributed by atoms with Gasteiger partial charge in [0.25, 0.3) is 5.56 Å². The molecule has 0 aliphatic carbocycles. The fraction of sp³-hybridized carbons (Fsp3) is 0.0909. The number of aromatic nitrogens is 2. The first-order valence-corrected chi connectivity index (χ1v) is 10.0. The third-order valence-corrected chi connectivity index (χ3v) is 5.89. The van der Waals surface area contributed by atoms with E-state index in [1.807, 2.05) is 48.5 Å². The van der Waals surface area contributed by atoms with E-state index in [1.54, 1.807) is 28.4 Å². The summed E-state index contributed by atoms with van der Waals surface area (Å²) in [5, 5.41) is 0.860. The van der Waals surface area contributed by atoms with Gasteiger partial charge in [-0.05, 0) is 35.4 Å². The minimum absolute atomic E-state index is 0.0565. The maximum absolute atomic E-state index is 12.3. The summed E-state index contributed by atoms with van der Waals surface area (Å²) >= 11 is 7.80. The summed E-state index contributed by atoms with van der Waals surface area (Å²) in [6.45, 7) is 0. The predicted octanol–water partition coefficient (Wildman–Crippen LogP) is 5.37. The topological polar surface area (TPSA) is 34.4 Å². The Bertz CT molecular complexity index is 1110. The summed E-state index contributed by atoms with van der Waals surface area (Å²) in [7, 11) is 0. The second kappa shape index (κ2) is 7.99. The molecule has 0 amide bonds. The van der Waals surface area contributed by atoms with E-state index >= 15 is 0 Å². The maximum atomic E-state index is 12.3. The van der Waals surface area contributed by atoms with Crippen molar-refractivity contribution in [1.82, 2.24) is 9.38 Å². The highest BCUT2D eigenvalue weighted by Gasteiger charge is 2.15. The number of thioether (sulfide) groups is 1. The van der Waals surface area contributed by atoms with Crippen LogP contribution in [0, 0.1) is 0 Å². The Balaban J connectivity index is 1.64. The van der Waals surface area contributed by atoms with E-state index in [-0.39, 0.29) is 10.8 Å². The number of fused-ring (bicyclic) bond motifs is 1. The minimum Gasteiger partial charge on any atom is -0.269 e. The molecule has 5 heteroatoms. The van der Waals surface area contributed by atoms with E-state index in [9.17, 15) is 4.79 Å². The highest BCUT2D eigenvalue weighted by Crippen LogP contribution is 2.37. The number of rotatable bonds is 5. The van der Waals surface area contributed by atoms with Crippen molar-refractivity contribution in [3.8, 4) is 0 Å². The molecule has 134 valence electrons. The maximum Gasteiger partial charge on any atom is 0.258 e. The molecule has 1 atom stereocenters. The van der Waals surface area contributed by atoms with Gasteiger partial charge < -0.3 is 0 Å². The molecule has 2 aromatic carbocycles. The quantitative estimate of drug-likeness (QED) is 0.458. The zero-order chi connectivity index (χ0) is 18.6. The van der Waals surface area contributed by atoms with Gasteiger partial charge in [0.05, 0.1) is 10.9 Å². The largest absolute Gasteiger partial charge is 0.269 e. The van der Waals surface area contributed by atoms with Crippen molar-refractivity contribution in [2.75, 3.05) is 0 Å². The lowest BCUT2D eigenvalue weighted by molar-refractivity contribution is 1.01. The summed E-state index contributed by atoms with van der Waals surface area (Å²) in [4.78, 5) is 17.0. The van der Waals surface area contributed by atoms with E-state index in [0.29, 0.717) is 11.4 Å². The van der Waals surface area contributed by atoms with E-state index < -0.39 is 0 Å². The van der Waals surface area contributed by atoms with Crippen LogP contribution < -0.4 is 5.56 Å². The molecular formula is C22H17ClN2OS. The first-order valence-electron chi connectivity index (χ1n) is 8.60. The SMILES string of the molecule is O=c1cc(CS[C@H](c2ccccc2)c2ccc(Cl)cc2)nc2ccccn12. The van der Waals surface area contributed by atoms with Gasteiger partial charge in [-0.15, -0.1) is 11.8 Å². The monoisotopic (exact) mass is 392 g/mol. The van der Waals surface area contributed by atoms with Crippen LogP contribution in [0.25, 0.3) is 5.65 Å². The first-order chi connectivity index (χ1) is 13.2. The average molecular weight is 393 g/mol. The van der Waals surface area contributed by atoms with Crippen molar-refractivity contribution < 1.29 is 0 Å². The van der Waals surface area contributed by atoms with Gasteiger partial charge in [0.2, 0.25) is 0 Å². The van der Waals surface area contributed by atoms with Crippen LogP contribution in [0.3, 0.4) is 0 Å². The lowest BCUT2D eigenvalue weighted by Crippen LogP contribution is -2.14. The average Bonchev–Trinajstić information content (AvgIpc) is 2.70. The number of hydrogen-bond acceptors (Lipinski definition) is 3. The van der Waals surface area contributed by atoms with Crippen molar-refractivity contribution in [3.05, 3.63) is 117 Å². The van der Waals surface area contributed by atoms with E-state index in [0.717, 1.165) is 10.7 Å². The molecule has 2 aromatic heterocycles. The summed E-state index contributed by atoms with van der Waals surface area (Å²) < 4.78 is 1.56. The molecule has 0 aliphatic rings. The normalized spacial score (nSPS) is 12.2. The number of halogens is 1. The molecule has 3 nitrogen and oxygen atoms in total. The second-order valence-electron chi connectivity index (χ2n) is 6.17. The van der Waals surface area contributed by atoms with E-state index in [2.05, 4.69) is 29.2 Å². The molecule has 0 unspecified atom stereocenters. The van der Waals surface area contributed by atoms with Gasteiger partial charge in [-0.2, -0.15) is 0 Å². The van der Waals surface area contributed by atoms with Gasteiger partial charge in [0.1, 0.15) is 5.65 Å². The van der Waals surface area contributed by atoms with Crippen molar-refractivity contribution >= 4 is 29.0 Å². The number of hydrogen-bond donors (Lipinski definition) is 0. The lowest BCUT2D eigenvalue weighted by atomic mass is 10.0. The Morgan fingerprint density at radius 1 is 0.926 bits per heavy atom. The third kappa shape index (κ3) is 4.07.